The first-order chi connectivity index (χ1) is 8.31. The third kappa shape index (κ3) is 2.71. The molecular weight excluding hydrogens is 257 g/mol. The normalized spacial score (nSPS) is 26.2. The summed E-state index contributed by atoms with van der Waals surface area (Å²) in [4.78, 5) is -0.0693. The lowest BCUT2D eigenvalue weighted by Gasteiger charge is -2.35. The van der Waals surface area contributed by atoms with Crippen molar-refractivity contribution in [2.45, 2.75) is 30.3 Å². The highest BCUT2D eigenvalue weighted by atomic mass is 32.2. The third-order valence-electron chi connectivity index (χ3n) is 3.07. The van der Waals surface area contributed by atoms with Gasteiger partial charge in [-0.2, -0.15) is 4.31 Å². The Balaban J connectivity index is 2.31. The van der Waals surface area contributed by atoms with E-state index in [0.717, 1.165) is 6.07 Å². The molecule has 1 aliphatic rings. The molecule has 6 heteroatoms. The van der Waals surface area contributed by atoms with E-state index in [2.05, 4.69) is 0 Å². The number of sulfonamides is 1. The van der Waals surface area contributed by atoms with Gasteiger partial charge in [0.15, 0.2) is 0 Å². The number of halogens is 1. The van der Waals surface area contributed by atoms with Crippen LogP contribution >= 0.6 is 0 Å². The van der Waals surface area contributed by atoms with E-state index in [1.165, 1.54) is 22.5 Å². The molecule has 1 heterocycles. The summed E-state index contributed by atoms with van der Waals surface area (Å²) in [6.07, 6.45) is 1.17. The van der Waals surface area contributed by atoms with Crippen LogP contribution in [0, 0.1) is 5.82 Å². The molecule has 1 aromatic carbocycles. The van der Waals surface area contributed by atoms with E-state index in [4.69, 9.17) is 0 Å². The van der Waals surface area contributed by atoms with Gasteiger partial charge in [0.2, 0.25) is 10.0 Å². The summed E-state index contributed by atoms with van der Waals surface area (Å²) < 4.78 is 38.8. The molecule has 1 fully saturated rings. The molecule has 100 valence electrons. The summed E-state index contributed by atoms with van der Waals surface area (Å²) in [7, 11) is -3.72. The number of rotatable bonds is 2. The highest BCUT2D eigenvalue weighted by Crippen LogP contribution is 2.26. The fraction of sp³-hybridized carbons (Fsp3) is 0.500. The summed E-state index contributed by atoms with van der Waals surface area (Å²) >= 11 is 0. The number of hydrogen-bond donors (Lipinski definition) is 1. The molecule has 1 aliphatic heterocycles. The SMILES string of the molecule is CC1(O)CCCN(S(=O)(=O)c2cccc(F)c2)C1. The molecule has 1 saturated heterocycles. The first kappa shape index (κ1) is 13.5. The van der Waals surface area contributed by atoms with Crippen molar-refractivity contribution in [1.29, 1.82) is 0 Å². The van der Waals surface area contributed by atoms with E-state index < -0.39 is 21.4 Å². The zero-order chi connectivity index (χ0) is 13.4. The fourth-order valence-electron chi connectivity index (χ4n) is 2.16. The smallest absolute Gasteiger partial charge is 0.243 e. The van der Waals surface area contributed by atoms with Crippen LogP contribution in [0.5, 0.6) is 0 Å². The van der Waals surface area contributed by atoms with Gasteiger partial charge in [-0.05, 0) is 38.0 Å². The van der Waals surface area contributed by atoms with Crippen LogP contribution in [-0.2, 0) is 10.0 Å². The van der Waals surface area contributed by atoms with Gasteiger partial charge in [0.25, 0.3) is 0 Å². The lowest BCUT2D eigenvalue weighted by molar-refractivity contribution is 0.00940. The van der Waals surface area contributed by atoms with Gasteiger partial charge in [-0.15, -0.1) is 0 Å². The van der Waals surface area contributed by atoms with Gasteiger partial charge in [0.05, 0.1) is 10.5 Å². The molecule has 0 radical (unpaired) electrons. The Morgan fingerprint density at radius 3 is 2.78 bits per heavy atom. The van der Waals surface area contributed by atoms with E-state index in [0.29, 0.717) is 19.4 Å². The summed E-state index contributed by atoms with van der Waals surface area (Å²) in [5.41, 5.74) is -1.02. The Morgan fingerprint density at radius 2 is 2.17 bits per heavy atom. The van der Waals surface area contributed by atoms with Crippen LogP contribution in [0.2, 0.25) is 0 Å². The molecular formula is C12H16FNO3S. The molecule has 1 aromatic rings. The van der Waals surface area contributed by atoms with Crippen LogP contribution in [0.4, 0.5) is 4.39 Å². The molecule has 2 rings (SSSR count). The molecule has 4 nitrogen and oxygen atoms in total. The van der Waals surface area contributed by atoms with Gasteiger partial charge >= 0.3 is 0 Å². The van der Waals surface area contributed by atoms with E-state index in [1.54, 1.807) is 6.92 Å². The van der Waals surface area contributed by atoms with Crippen LogP contribution in [0.15, 0.2) is 29.2 Å². The van der Waals surface area contributed by atoms with Crippen molar-refractivity contribution in [3.05, 3.63) is 30.1 Å². The Kier molecular flexibility index (Phi) is 3.44. The van der Waals surface area contributed by atoms with Crippen molar-refractivity contribution in [3.8, 4) is 0 Å². The molecule has 0 aliphatic carbocycles. The fourth-order valence-corrected chi connectivity index (χ4v) is 3.78. The van der Waals surface area contributed by atoms with Crippen molar-refractivity contribution >= 4 is 10.0 Å². The quantitative estimate of drug-likeness (QED) is 0.885. The summed E-state index contributed by atoms with van der Waals surface area (Å²) in [5, 5.41) is 9.93. The molecule has 18 heavy (non-hydrogen) atoms. The Morgan fingerprint density at radius 1 is 1.44 bits per heavy atom. The predicted molar refractivity (Wildman–Crippen MR) is 65.0 cm³/mol. The second-order valence-corrected chi connectivity index (χ2v) is 6.83. The summed E-state index contributed by atoms with van der Waals surface area (Å²) in [6, 6.07) is 4.93. The maximum absolute atomic E-state index is 13.1. The van der Waals surface area contributed by atoms with E-state index in [1.807, 2.05) is 0 Å². The number of piperidine rings is 1. The summed E-state index contributed by atoms with van der Waals surface area (Å²) in [5.74, 6) is -0.583. The molecule has 0 spiro atoms. The van der Waals surface area contributed by atoms with Crippen molar-refractivity contribution in [2.75, 3.05) is 13.1 Å². The molecule has 1 unspecified atom stereocenters. The monoisotopic (exact) mass is 273 g/mol. The van der Waals surface area contributed by atoms with E-state index in [-0.39, 0.29) is 11.4 Å². The molecule has 1 N–H and O–H groups in total. The molecule has 0 saturated carbocycles. The maximum atomic E-state index is 13.1. The largest absolute Gasteiger partial charge is 0.389 e. The number of aliphatic hydroxyl groups is 1. The van der Waals surface area contributed by atoms with Crippen LogP contribution < -0.4 is 0 Å². The topological polar surface area (TPSA) is 57.6 Å². The van der Waals surface area contributed by atoms with Gasteiger partial charge in [-0.3, -0.25) is 0 Å². The van der Waals surface area contributed by atoms with Crippen LogP contribution in [0.25, 0.3) is 0 Å². The number of hydrogen-bond acceptors (Lipinski definition) is 3. The number of β-amino-alcohol motifs (C(OH)–C–C–N with tert-alkyl or cyclic N) is 1. The standard InChI is InChI=1S/C12H16FNO3S/c1-12(15)6-3-7-14(9-12)18(16,17)11-5-2-4-10(13)8-11/h2,4-5,8,15H,3,6-7,9H2,1H3. The minimum Gasteiger partial charge on any atom is -0.389 e. The van der Waals surface area contributed by atoms with Gasteiger partial charge in [-0.1, -0.05) is 6.07 Å². The first-order valence-electron chi connectivity index (χ1n) is 5.79. The van der Waals surface area contributed by atoms with Crippen molar-refractivity contribution < 1.29 is 17.9 Å². The first-order valence-corrected chi connectivity index (χ1v) is 7.23. The minimum atomic E-state index is -3.72. The van der Waals surface area contributed by atoms with E-state index >= 15 is 0 Å². The van der Waals surface area contributed by atoms with Crippen molar-refractivity contribution in [1.82, 2.24) is 4.31 Å². The Labute approximate surface area is 106 Å². The third-order valence-corrected chi connectivity index (χ3v) is 4.91. The Bertz CT molecular complexity index is 542. The van der Waals surface area contributed by atoms with Crippen molar-refractivity contribution in [2.24, 2.45) is 0 Å². The second-order valence-electron chi connectivity index (χ2n) is 4.90. The van der Waals surface area contributed by atoms with Gasteiger partial charge in [0, 0.05) is 13.1 Å². The lowest BCUT2D eigenvalue weighted by atomic mass is 9.97. The molecule has 0 aromatic heterocycles. The van der Waals surface area contributed by atoms with Crippen LogP contribution in [0.1, 0.15) is 19.8 Å². The average molecular weight is 273 g/mol. The average Bonchev–Trinajstić information content (AvgIpc) is 2.27. The lowest BCUT2D eigenvalue weighted by Crippen LogP contribution is -2.48. The van der Waals surface area contributed by atoms with Gasteiger partial charge in [-0.25, -0.2) is 12.8 Å². The molecule has 0 bridgehead atoms. The second kappa shape index (κ2) is 4.60. The van der Waals surface area contributed by atoms with Gasteiger partial charge < -0.3 is 5.11 Å². The predicted octanol–water partition coefficient (Wildman–Crippen LogP) is 1.36. The van der Waals surface area contributed by atoms with Crippen molar-refractivity contribution in [3.63, 3.8) is 0 Å². The van der Waals surface area contributed by atoms with Crippen LogP contribution in [0.3, 0.4) is 0 Å². The minimum absolute atomic E-state index is 0.0475. The maximum Gasteiger partial charge on any atom is 0.243 e. The van der Waals surface area contributed by atoms with Crippen LogP contribution in [-0.4, -0.2) is 36.5 Å². The molecule has 1 atom stereocenters. The zero-order valence-electron chi connectivity index (χ0n) is 10.1. The Hall–Kier alpha value is -0.980. The number of benzene rings is 1. The highest BCUT2D eigenvalue weighted by molar-refractivity contribution is 7.89. The summed E-state index contributed by atoms with van der Waals surface area (Å²) in [6.45, 7) is 2.01. The van der Waals surface area contributed by atoms with E-state index in [9.17, 15) is 17.9 Å². The highest BCUT2D eigenvalue weighted by Gasteiger charge is 2.35. The zero-order valence-corrected chi connectivity index (χ0v) is 11.0. The number of nitrogens with zero attached hydrogens (tertiary/aromatic N) is 1. The van der Waals surface area contributed by atoms with Gasteiger partial charge in [0.1, 0.15) is 5.82 Å². The molecule has 0 amide bonds.